The average Bonchev–Trinajstić information content (AvgIpc) is 2.16. The van der Waals surface area contributed by atoms with E-state index in [1.54, 1.807) is 0 Å². The van der Waals surface area contributed by atoms with Gasteiger partial charge in [-0.25, -0.2) is 0 Å². The molecule has 0 unspecified atom stereocenters. The second kappa shape index (κ2) is 5.31. The van der Waals surface area contributed by atoms with Crippen molar-refractivity contribution in [3.05, 3.63) is 29.3 Å². The topological polar surface area (TPSA) is 35.2 Å². The van der Waals surface area contributed by atoms with Crippen molar-refractivity contribution in [3.8, 4) is 5.75 Å². The zero-order chi connectivity index (χ0) is 13.2. The van der Waals surface area contributed by atoms with Gasteiger partial charge in [-0.15, -0.1) is 0 Å². The minimum absolute atomic E-state index is 0.192. The summed E-state index contributed by atoms with van der Waals surface area (Å²) in [6.45, 7) is 7.10. The summed E-state index contributed by atoms with van der Waals surface area (Å²) < 4.78 is 5.99. The summed E-state index contributed by atoms with van der Waals surface area (Å²) in [6, 6.07) is 6.41. The summed E-state index contributed by atoms with van der Waals surface area (Å²) in [5.41, 5.74) is 8.44. The Bertz CT molecular complexity index is 402. The molecule has 0 atom stereocenters. The van der Waals surface area contributed by atoms with Gasteiger partial charge >= 0.3 is 0 Å². The largest absolute Gasteiger partial charge is 0.493 e. The molecule has 1 aliphatic rings. The Morgan fingerprint density at radius 3 is 2.61 bits per heavy atom. The van der Waals surface area contributed by atoms with Crippen molar-refractivity contribution in [3.63, 3.8) is 0 Å². The highest BCUT2D eigenvalue weighted by molar-refractivity contribution is 5.38. The quantitative estimate of drug-likeness (QED) is 0.865. The summed E-state index contributed by atoms with van der Waals surface area (Å²) in [5.74, 6) is 1.79. The van der Waals surface area contributed by atoms with Crippen molar-refractivity contribution in [2.24, 2.45) is 11.7 Å². The van der Waals surface area contributed by atoms with E-state index in [0.717, 1.165) is 24.7 Å². The summed E-state index contributed by atoms with van der Waals surface area (Å²) in [4.78, 5) is 0. The van der Waals surface area contributed by atoms with Crippen LogP contribution in [0.1, 0.15) is 44.2 Å². The van der Waals surface area contributed by atoms with E-state index in [1.165, 1.54) is 30.4 Å². The van der Waals surface area contributed by atoms with Gasteiger partial charge in [0.25, 0.3) is 0 Å². The molecular weight excluding hydrogens is 222 g/mol. The van der Waals surface area contributed by atoms with Crippen molar-refractivity contribution in [2.45, 2.75) is 52.0 Å². The van der Waals surface area contributed by atoms with E-state index in [0.29, 0.717) is 0 Å². The second-order valence-corrected chi connectivity index (χ2v) is 6.38. The van der Waals surface area contributed by atoms with Gasteiger partial charge in [0.15, 0.2) is 0 Å². The molecule has 18 heavy (non-hydrogen) atoms. The van der Waals surface area contributed by atoms with Gasteiger partial charge in [-0.3, -0.25) is 0 Å². The molecule has 1 saturated carbocycles. The monoisotopic (exact) mass is 247 g/mol. The number of ether oxygens (including phenoxy) is 1. The Morgan fingerprint density at radius 1 is 1.33 bits per heavy atom. The molecule has 2 N–H and O–H groups in total. The third-order valence-electron chi connectivity index (χ3n) is 3.56. The van der Waals surface area contributed by atoms with Crippen LogP contribution in [0.3, 0.4) is 0 Å². The molecule has 0 spiro atoms. The van der Waals surface area contributed by atoms with Gasteiger partial charge in [0.05, 0.1) is 6.61 Å². The lowest BCUT2D eigenvalue weighted by Crippen LogP contribution is -2.34. The van der Waals surface area contributed by atoms with Crippen molar-refractivity contribution in [1.82, 2.24) is 0 Å². The van der Waals surface area contributed by atoms with Crippen LogP contribution in [0.5, 0.6) is 5.75 Å². The first-order chi connectivity index (χ1) is 8.44. The molecular formula is C16H25NO. The molecule has 0 heterocycles. The maximum absolute atomic E-state index is 6.12. The highest BCUT2D eigenvalue weighted by atomic mass is 16.5. The third kappa shape index (κ3) is 3.74. The predicted molar refractivity (Wildman–Crippen MR) is 76.0 cm³/mol. The maximum Gasteiger partial charge on any atom is 0.122 e. The molecule has 0 aromatic heterocycles. The van der Waals surface area contributed by atoms with Crippen LogP contribution < -0.4 is 10.5 Å². The van der Waals surface area contributed by atoms with Crippen LogP contribution in [0.25, 0.3) is 0 Å². The van der Waals surface area contributed by atoms with Crippen LogP contribution in [0.2, 0.25) is 0 Å². The highest BCUT2D eigenvalue weighted by Gasteiger charge is 2.20. The fourth-order valence-corrected chi connectivity index (χ4v) is 2.35. The first-order valence-electron chi connectivity index (χ1n) is 6.95. The van der Waals surface area contributed by atoms with Crippen LogP contribution >= 0.6 is 0 Å². The first kappa shape index (κ1) is 13.4. The number of nitrogens with two attached hydrogens (primary N) is 1. The Kier molecular flexibility index (Phi) is 3.96. The van der Waals surface area contributed by atoms with Gasteiger partial charge in [-0.05, 0) is 57.6 Å². The number of hydrogen-bond acceptors (Lipinski definition) is 2. The zero-order valence-electron chi connectivity index (χ0n) is 11.8. The average molecular weight is 247 g/mol. The normalized spacial score (nSPS) is 16.4. The highest BCUT2D eigenvalue weighted by Crippen LogP contribution is 2.29. The van der Waals surface area contributed by atoms with Crippen molar-refractivity contribution < 1.29 is 4.74 Å². The van der Waals surface area contributed by atoms with Crippen molar-refractivity contribution >= 4 is 0 Å². The molecule has 2 rings (SSSR count). The van der Waals surface area contributed by atoms with Crippen LogP contribution in [-0.2, 0) is 6.42 Å². The van der Waals surface area contributed by atoms with Crippen LogP contribution in [0.4, 0.5) is 0 Å². The zero-order valence-corrected chi connectivity index (χ0v) is 11.8. The summed E-state index contributed by atoms with van der Waals surface area (Å²) in [6.07, 6.45) is 4.87. The van der Waals surface area contributed by atoms with E-state index >= 15 is 0 Å². The number of rotatable bonds is 5. The molecule has 1 fully saturated rings. The van der Waals surface area contributed by atoms with Crippen LogP contribution in [0.15, 0.2) is 18.2 Å². The standard InChI is InChI=1S/C16H25NO/c1-12-7-8-15(18-11-13-5-4-6-13)14(9-12)10-16(2,3)17/h7-9,13H,4-6,10-11,17H2,1-3H3. The molecule has 0 saturated heterocycles. The Morgan fingerprint density at radius 2 is 2.06 bits per heavy atom. The van der Waals surface area contributed by atoms with Gasteiger partial charge in [-0.2, -0.15) is 0 Å². The first-order valence-corrected chi connectivity index (χ1v) is 6.95. The van der Waals surface area contributed by atoms with E-state index < -0.39 is 0 Å². The molecule has 1 aliphatic carbocycles. The Balaban J connectivity index is 2.06. The third-order valence-corrected chi connectivity index (χ3v) is 3.56. The predicted octanol–water partition coefficient (Wildman–Crippen LogP) is 3.45. The molecule has 2 heteroatoms. The maximum atomic E-state index is 6.12. The summed E-state index contributed by atoms with van der Waals surface area (Å²) >= 11 is 0. The van der Waals surface area contributed by atoms with E-state index in [1.807, 2.05) is 0 Å². The van der Waals surface area contributed by atoms with Crippen molar-refractivity contribution in [2.75, 3.05) is 6.61 Å². The van der Waals surface area contributed by atoms with Crippen molar-refractivity contribution in [1.29, 1.82) is 0 Å². The van der Waals surface area contributed by atoms with Gasteiger partial charge in [0.2, 0.25) is 0 Å². The molecule has 1 aromatic rings. The lowest BCUT2D eigenvalue weighted by atomic mass is 9.86. The fraction of sp³-hybridized carbons (Fsp3) is 0.625. The molecule has 1 aromatic carbocycles. The van der Waals surface area contributed by atoms with Gasteiger partial charge in [0, 0.05) is 5.54 Å². The van der Waals surface area contributed by atoms with E-state index in [4.69, 9.17) is 10.5 Å². The van der Waals surface area contributed by atoms with Gasteiger partial charge in [-0.1, -0.05) is 24.1 Å². The lowest BCUT2D eigenvalue weighted by Gasteiger charge is -2.26. The Labute approximate surface area is 111 Å². The minimum atomic E-state index is -0.192. The molecule has 2 nitrogen and oxygen atoms in total. The Hall–Kier alpha value is -1.02. The molecule has 0 amide bonds. The smallest absolute Gasteiger partial charge is 0.122 e. The van der Waals surface area contributed by atoms with E-state index in [9.17, 15) is 0 Å². The minimum Gasteiger partial charge on any atom is -0.493 e. The lowest BCUT2D eigenvalue weighted by molar-refractivity contribution is 0.179. The SMILES string of the molecule is Cc1ccc(OCC2CCC2)c(CC(C)(C)N)c1. The second-order valence-electron chi connectivity index (χ2n) is 6.38. The van der Waals surface area contributed by atoms with Gasteiger partial charge < -0.3 is 10.5 Å². The van der Waals surface area contributed by atoms with Crippen LogP contribution in [-0.4, -0.2) is 12.1 Å². The number of benzene rings is 1. The van der Waals surface area contributed by atoms with Gasteiger partial charge in [0.1, 0.15) is 5.75 Å². The summed E-state index contributed by atoms with van der Waals surface area (Å²) in [7, 11) is 0. The molecule has 0 aliphatic heterocycles. The fourth-order valence-electron chi connectivity index (χ4n) is 2.35. The van der Waals surface area contributed by atoms with Crippen LogP contribution in [0, 0.1) is 12.8 Å². The number of hydrogen-bond donors (Lipinski definition) is 1. The molecule has 100 valence electrons. The number of aryl methyl sites for hydroxylation is 1. The molecule has 0 bridgehead atoms. The summed E-state index contributed by atoms with van der Waals surface area (Å²) in [5, 5.41) is 0. The van der Waals surface area contributed by atoms with E-state index in [2.05, 4.69) is 39.0 Å². The van der Waals surface area contributed by atoms with E-state index in [-0.39, 0.29) is 5.54 Å². The molecule has 0 radical (unpaired) electrons.